The molecule has 5 rings (SSSR count). The highest BCUT2D eigenvalue weighted by Gasteiger charge is 2.28. The molecule has 0 radical (unpaired) electrons. The molecule has 0 atom stereocenters. The van der Waals surface area contributed by atoms with Crippen LogP contribution in [0.2, 0.25) is 0 Å². The van der Waals surface area contributed by atoms with Gasteiger partial charge in [0.05, 0.1) is 11.8 Å². The van der Waals surface area contributed by atoms with Gasteiger partial charge in [-0.15, -0.1) is 5.10 Å². The number of fused-ring (bicyclic) bond motifs is 1. The van der Waals surface area contributed by atoms with E-state index < -0.39 is 0 Å². The number of carbonyl (C=O) groups is 1. The monoisotopic (exact) mass is 449 g/mol. The van der Waals surface area contributed by atoms with Gasteiger partial charge < -0.3 is 14.4 Å². The minimum atomic E-state index is -0.0327. The summed E-state index contributed by atoms with van der Waals surface area (Å²) in [6.07, 6.45) is 6.17. The van der Waals surface area contributed by atoms with Crippen LogP contribution in [0.5, 0.6) is 11.5 Å². The first-order valence-electron chi connectivity index (χ1n) is 10.6. The van der Waals surface area contributed by atoms with E-state index in [1.807, 2.05) is 65.4 Å². The Morgan fingerprint density at radius 1 is 1.12 bits per heavy atom. The van der Waals surface area contributed by atoms with Gasteiger partial charge in [0.2, 0.25) is 11.1 Å². The molecule has 2 heterocycles. The van der Waals surface area contributed by atoms with Crippen LogP contribution >= 0.6 is 11.8 Å². The van der Waals surface area contributed by atoms with E-state index in [-0.39, 0.29) is 11.7 Å². The highest BCUT2D eigenvalue weighted by Crippen LogP contribution is 2.37. The molecule has 164 valence electrons. The molecule has 1 aliphatic heterocycles. The maximum Gasteiger partial charge on any atom is 0.237 e. The highest BCUT2D eigenvalue weighted by molar-refractivity contribution is 7.99. The first-order chi connectivity index (χ1) is 15.8. The minimum Gasteiger partial charge on any atom is -0.486 e. The normalized spacial score (nSPS) is 15.1. The van der Waals surface area contributed by atoms with Crippen molar-refractivity contribution in [2.24, 2.45) is 0 Å². The van der Waals surface area contributed by atoms with Crippen LogP contribution in [0, 0.1) is 0 Å². The number of carbonyl (C=O) groups excluding carboxylic acids is 1. The average Bonchev–Trinajstić information content (AvgIpc) is 3.58. The number of amides is 1. The van der Waals surface area contributed by atoms with Gasteiger partial charge in [-0.2, -0.15) is 0 Å². The highest BCUT2D eigenvalue weighted by atomic mass is 32.2. The van der Waals surface area contributed by atoms with Gasteiger partial charge in [-0.25, -0.2) is 4.68 Å². The Morgan fingerprint density at radius 2 is 1.94 bits per heavy atom. The number of ether oxygens (including phenoxy) is 2. The third-order valence-electron chi connectivity index (χ3n) is 5.22. The molecule has 9 heteroatoms. The Bertz CT molecular complexity index is 1110. The molecule has 0 saturated heterocycles. The number of aromatic nitrogens is 4. The molecule has 32 heavy (non-hydrogen) atoms. The lowest BCUT2D eigenvalue weighted by atomic mass is 10.2. The van der Waals surface area contributed by atoms with Crippen LogP contribution in [0.3, 0.4) is 0 Å². The van der Waals surface area contributed by atoms with Crippen molar-refractivity contribution in [1.82, 2.24) is 20.2 Å². The van der Waals surface area contributed by atoms with Crippen molar-refractivity contribution >= 4 is 29.4 Å². The molecular formula is C23H23N5O3S. The Kier molecular flexibility index (Phi) is 6.06. The van der Waals surface area contributed by atoms with Crippen LogP contribution in [-0.2, 0) is 4.79 Å². The zero-order valence-electron chi connectivity index (χ0n) is 17.5. The first-order valence-corrected chi connectivity index (χ1v) is 11.6. The quantitative estimate of drug-likeness (QED) is 0.486. The second-order valence-corrected chi connectivity index (χ2v) is 8.51. The van der Waals surface area contributed by atoms with Crippen molar-refractivity contribution in [3.8, 4) is 11.5 Å². The molecule has 0 bridgehead atoms. The van der Waals surface area contributed by atoms with Gasteiger partial charge in [-0.1, -0.05) is 54.2 Å². The number of tetrazole rings is 1. The number of hydrogen-bond donors (Lipinski definition) is 0. The number of rotatable bonds is 8. The van der Waals surface area contributed by atoms with Gasteiger partial charge in [-0.3, -0.25) is 4.79 Å². The fourth-order valence-corrected chi connectivity index (χ4v) is 4.26. The molecule has 1 aromatic heterocycles. The molecule has 2 aliphatic rings. The predicted octanol–water partition coefficient (Wildman–Crippen LogP) is 3.62. The summed E-state index contributed by atoms with van der Waals surface area (Å²) < 4.78 is 13.2. The zero-order valence-corrected chi connectivity index (χ0v) is 18.3. The van der Waals surface area contributed by atoms with E-state index in [2.05, 4.69) is 15.5 Å². The van der Waals surface area contributed by atoms with Crippen LogP contribution in [0.4, 0.5) is 5.69 Å². The van der Waals surface area contributed by atoms with Crippen molar-refractivity contribution in [1.29, 1.82) is 0 Å². The van der Waals surface area contributed by atoms with Gasteiger partial charge in [0.25, 0.3) is 0 Å². The van der Waals surface area contributed by atoms with Crippen molar-refractivity contribution in [2.45, 2.75) is 24.0 Å². The molecule has 0 unspecified atom stereocenters. The van der Waals surface area contributed by atoms with Gasteiger partial charge in [0, 0.05) is 18.3 Å². The fraction of sp³-hybridized carbons (Fsp3) is 0.304. The topological polar surface area (TPSA) is 82.4 Å². The lowest BCUT2D eigenvalue weighted by Gasteiger charge is -2.24. The molecule has 8 nitrogen and oxygen atoms in total. The maximum atomic E-state index is 13.3. The van der Waals surface area contributed by atoms with Crippen molar-refractivity contribution in [3.05, 3.63) is 60.2 Å². The van der Waals surface area contributed by atoms with Gasteiger partial charge in [0.1, 0.15) is 13.2 Å². The molecule has 2 aromatic carbocycles. The number of hydrogen-bond acceptors (Lipinski definition) is 7. The third-order valence-corrected chi connectivity index (χ3v) is 6.13. The lowest BCUT2D eigenvalue weighted by Crippen LogP contribution is -2.33. The molecule has 0 N–H and O–H groups in total. The van der Waals surface area contributed by atoms with E-state index in [4.69, 9.17) is 9.47 Å². The molecule has 1 saturated carbocycles. The molecule has 1 aliphatic carbocycles. The SMILES string of the molecule is O=C(CSc1nnnn1C1CC1)N(C/C=C/c1ccccc1)c1ccc2c(c1)OCCO2. The molecule has 0 spiro atoms. The van der Waals surface area contributed by atoms with Crippen LogP contribution in [-0.4, -0.2) is 51.6 Å². The average molecular weight is 450 g/mol. The number of anilines is 1. The largest absolute Gasteiger partial charge is 0.486 e. The van der Waals surface area contributed by atoms with Crippen LogP contribution in [0.15, 0.2) is 59.8 Å². The van der Waals surface area contributed by atoms with E-state index in [1.54, 1.807) is 4.90 Å². The summed E-state index contributed by atoms with van der Waals surface area (Å²) in [5.74, 6) is 1.56. The number of thioether (sulfide) groups is 1. The second kappa shape index (κ2) is 9.44. The van der Waals surface area contributed by atoms with E-state index in [9.17, 15) is 4.79 Å². The summed E-state index contributed by atoms with van der Waals surface area (Å²) in [5, 5.41) is 12.6. The summed E-state index contributed by atoms with van der Waals surface area (Å²) >= 11 is 1.37. The van der Waals surface area contributed by atoms with Crippen molar-refractivity contribution < 1.29 is 14.3 Å². The Morgan fingerprint density at radius 3 is 2.75 bits per heavy atom. The zero-order chi connectivity index (χ0) is 21.8. The summed E-state index contributed by atoms with van der Waals surface area (Å²) in [5.41, 5.74) is 1.85. The predicted molar refractivity (Wildman–Crippen MR) is 122 cm³/mol. The van der Waals surface area contributed by atoms with Crippen LogP contribution in [0.25, 0.3) is 6.08 Å². The summed E-state index contributed by atoms with van der Waals surface area (Å²) in [4.78, 5) is 15.0. The van der Waals surface area contributed by atoms with Gasteiger partial charge >= 0.3 is 0 Å². The third kappa shape index (κ3) is 4.77. The van der Waals surface area contributed by atoms with Crippen molar-refractivity contribution in [2.75, 3.05) is 30.4 Å². The smallest absolute Gasteiger partial charge is 0.237 e. The van der Waals surface area contributed by atoms with Gasteiger partial charge in [0.15, 0.2) is 11.5 Å². The lowest BCUT2D eigenvalue weighted by molar-refractivity contribution is -0.116. The summed E-state index contributed by atoms with van der Waals surface area (Å²) in [6, 6.07) is 16.0. The molecule has 1 amide bonds. The van der Waals surface area contributed by atoms with E-state index in [1.165, 1.54) is 11.8 Å². The second-order valence-electron chi connectivity index (χ2n) is 7.57. The molecular weight excluding hydrogens is 426 g/mol. The number of benzene rings is 2. The summed E-state index contributed by atoms with van der Waals surface area (Å²) in [7, 11) is 0. The van der Waals surface area contributed by atoms with Crippen LogP contribution in [0.1, 0.15) is 24.4 Å². The maximum absolute atomic E-state index is 13.3. The molecule has 3 aromatic rings. The Hall–Kier alpha value is -3.33. The molecule has 1 fully saturated rings. The minimum absolute atomic E-state index is 0.0327. The fourth-order valence-electron chi connectivity index (χ4n) is 3.44. The number of nitrogens with zero attached hydrogens (tertiary/aromatic N) is 5. The Balaban J connectivity index is 1.33. The van der Waals surface area contributed by atoms with E-state index in [0.29, 0.717) is 42.5 Å². The van der Waals surface area contributed by atoms with E-state index in [0.717, 1.165) is 24.1 Å². The van der Waals surface area contributed by atoms with Crippen molar-refractivity contribution in [3.63, 3.8) is 0 Å². The van der Waals surface area contributed by atoms with Crippen LogP contribution < -0.4 is 14.4 Å². The summed E-state index contributed by atoms with van der Waals surface area (Å²) in [6.45, 7) is 1.46. The van der Waals surface area contributed by atoms with Gasteiger partial charge in [-0.05, 0) is 41.0 Å². The van der Waals surface area contributed by atoms with E-state index >= 15 is 0 Å². The Labute approximate surface area is 190 Å². The standard InChI is InChI=1S/C23H23N5O3S/c29-22(16-32-23-24-25-26-28(23)18-8-9-18)27(12-4-7-17-5-2-1-3-6-17)19-10-11-20-21(15-19)31-14-13-30-20/h1-7,10-11,15,18H,8-9,12-14,16H2/b7-4+. The first kappa shape index (κ1) is 20.6.